The number of hydrogen-bond acceptors (Lipinski definition) is 5. The third-order valence-corrected chi connectivity index (χ3v) is 5.31. The number of ether oxygens (including phenoxy) is 3. The number of methoxy groups -OCH3 is 1. The number of fused-ring (bicyclic) bond motifs is 1. The van der Waals surface area contributed by atoms with Crippen molar-refractivity contribution in [3.05, 3.63) is 82.9 Å². The first-order valence-electron chi connectivity index (χ1n) is 10.5. The van der Waals surface area contributed by atoms with E-state index in [0.717, 1.165) is 35.5 Å². The van der Waals surface area contributed by atoms with Gasteiger partial charge in [-0.1, -0.05) is 12.1 Å². The lowest BCUT2D eigenvalue weighted by Crippen LogP contribution is -2.25. The summed E-state index contributed by atoms with van der Waals surface area (Å²) in [5.74, 6) is 2.40. The topological polar surface area (TPSA) is 80.6 Å². The Kier molecular flexibility index (Phi) is 6.57. The number of nitrogens with zero attached hydrogens (tertiary/aromatic N) is 1. The van der Waals surface area contributed by atoms with E-state index in [-0.39, 0.29) is 5.91 Å². The maximum absolute atomic E-state index is 12.5. The Bertz CT molecular complexity index is 1150. The van der Waals surface area contributed by atoms with Gasteiger partial charge in [0.15, 0.2) is 0 Å². The first kappa shape index (κ1) is 21.3. The van der Waals surface area contributed by atoms with E-state index in [1.54, 1.807) is 37.4 Å². The average molecular weight is 428 g/mol. The van der Waals surface area contributed by atoms with E-state index in [1.807, 2.05) is 30.3 Å². The third kappa shape index (κ3) is 5.01. The lowest BCUT2D eigenvalue weighted by atomic mass is 10.0. The lowest BCUT2D eigenvalue weighted by molar-refractivity contribution is 0.0954. The highest BCUT2D eigenvalue weighted by Crippen LogP contribution is 2.34. The normalized spacial score (nSPS) is 12.1. The van der Waals surface area contributed by atoms with Crippen molar-refractivity contribution >= 4 is 5.91 Å². The number of nitriles is 1. The highest BCUT2D eigenvalue weighted by Gasteiger charge is 2.16. The van der Waals surface area contributed by atoms with E-state index in [9.17, 15) is 10.1 Å². The van der Waals surface area contributed by atoms with Crippen LogP contribution in [0.3, 0.4) is 0 Å². The van der Waals surface area contributed by atoms with Crippen LogP contribution in [0.2, 0.25) is 0 Å². The summed E-state index contributed by atoms with van der Waals surface area (Å²) in [6.07, 6.45) is 2.55. The van der Waals surface area contributed by atoms with Gasteiger partial charge in [0.2, 0.25) is 0 Å². The Labute approximate surface area is 187 Å². The van der Waals surface area contributed by atoms with Gasteiger partial charge >= 0.3 is 0 Å². The fraction of sp³-hybridized carbons (Fsp3) is 0.231. The van der Waals surface area contributed by atoms with Crippen molar-refractivity contribution in [3.8, 4) is 29.1 Å². The number of rotatable bonds is 7. The summed E-state index contributed by atoms with van der Waals surface area (Å²) >= 11 is 0. The van der Waals surface area contributed by atoms with Crippen LogP contribution in [0.1, 0.15) is 33.5 Å². The quantitative estimate of drug-likeness (QED) is 0.592. The first-order valence-corrected chi connectivity index (χ1v) is 10.5. The minimum Gasteiger partial charge on any atom is -0.497 e. The van der Waals surface area contributed by atoms with Crippen LogP contribution >= 0.6 is 0 Å². The van der Waals surface area contributed by atoms with Crippen LogP contribution in [0, 0.1) is 11.3 Å². The SMILES string of the molecule is COc1cccc(CCNC(=O)c2ccc(Oc3cc4c(cc3C#N)CCCO4)cc2)c1. The molecule has 0 saturated heterocycles. The fourth-order valence-corrected chi connectivity index (χ4v) is 3.60. The van der Waals surface area contributed by atoms with Gasteiger partial charge < -0.3 is 19.5 Å². The highest BCUT2D eigenvalue weighted by molar-refractivity contribution is 5.94. The predicted octanol–water partition coefficient (Wildman–Crippen LogP) is 4.66. The second-order valence-corrected chi connectivity index (χ2v) is 7.50. The van der Waals surface area contributed by atoms with Crippen LogP contribution in [0.15, 0.2) is 60.7 Å². The Morgan fingerprint density at radius 1 is 1.12 bits per heavy atom. The molecular weight excluding hydrogens is 404 g/mol. The molecule has 3 aromatic rings. The molecule has 0 radical (unpaired) electrons. The number of amides is 1. The smallest absolute Gasteiger partial charge is 0.251 e. The van der Waals surface area contributed by atoms with Gasteiger partial charge in [-0.15, -0.1) is 0 Å². The molecule has 4 rings (SSSR count). The Balaban J connectivity index is 1.37. The largest absolute Gasteiger partial charge is 0.497 e. The Hall–Kier alpha value is -3.98. The van der Waals surface area contributed by atoms with Gasteiger partial charge in [0.1, 0.15) is 29.1 Å². The zero-order valence-electron chi connectivity index (χ0n) is 17.9. The van der Waals surface area contributed by atoms with E-state index in [1.165, 1.54) is 0 Å². The number of carbonyl (C=O) groups is 1. The summed E-state index contributed by atoms with van der Waals surface area (Å²) in [7, 11) is 1.63. The molecule has 0 spiro atoms. The Morgan fingerprint density at radius 2 is 1.97 bits per heavy atom. The van der Waals surface area contributed by atoms with Crippen LogP contribution in [-0.2, 0) is 12.8 Å². The van der Waals surface area contributed by atoms with E-state index < -0.39 is 0 Å². The molecule has 0 aromatic heterocycles. The number of carbonyl (C=O) groups excluding carboxylic acids is 1. The first-order chi connectivity index (χ1) is 15.7. The van der Waals surface area contributed by atoms with Gasteiger partial charge in [-0.2, -0.15) is 5.26 Å². The summed E-state index contributed by atoms with van der Waals surface area (Å²) in [6.45, 7) is 1.19. The summed E-state index contributed by atoms with van der Waals surface area (Å²) in [5.41, 5.74) is 3.13. The maximum Gasteiger partial charge on any atom is 0.251 e. The van der Waals surface area contributed by atoms with Crippen molar-refractivity contribution in [1.29, 1.82) is 5.26 Å². The van der Waals surface area contributed by atoms with Crippen molar-refractivity contribution in [2.75, 3.05) is 20.3 Å². The minimum absolute atomic E-state index is 0.153. The number of aryl methyl sites for hydroxylation is 1. The van der Waals surface area contributed by atoms with Crippen LogP contribution < -0.4 is 19.5 Å². The number of benzene rings is 3. The van der Waals surface area contributed by atoms with Crippen molar-refractivity contribution in [2.45, 2.75) is 19.3 Å². The summed E-state index contributed by atoms with van der Waals surface area (Å²) in [6, 6.07) is 20.4. The van der Waals surface area contributed by atoms with Gasteiger partial charge in [0.25, 0.3) is 5.91 Å². The number of hydrogen-bond donors (Lipinski definition) is 1. The second-order valence-electron chi connectivity index (χ2n) is 7.50. The van der Waals surface area contributed by atoms with Gasteiger partial charge in [0, 0.05) is 18.2 Å². The molecule has 1 heterocycles. The summed E-state index contributed by atoms with van der Waals surface area (Å²) in [5, 5.41) is 12.4. The van der Waals surface area contributed by atoms with Crippen LogP contribution in [0.25, 0.3) is 0 Å². The molecule has 0 fully saturated rings. The molecule has 32 heavy (non-hydrogen) atoms. The molecule has 0 aliphatic carbocycles. The standard InChI is InChI=1S/C26H24N2O4/c1-30-23-6-2-4-18(14-23)11-12-28-26(29)19-7-9-22(10-8-19)32-25-16-24-20(5-3-13-31-24)15-21(25)17-27/h2,4,6-10,14-16H,3,5,11-13H2,1H3,(H,28,29). The van der Waals surface area contributed by atoms with E-state index in [4.69, 9.17) is 14.2 Å². The van der Waals surface area contributed by atoms with Gasteiger partial charge in [-0.25, -0.2) is 0 Å². The molecule has 1 N–H and O–H groups in total. The minimum atomic E-state index is -0.153. The second kappa shape index (κ2) is 9.88. The fourth-order valence-electron chi connectivity index (χ4n) is 3.60. The Morgan fingerprint density at radius 3 is 2.75 bits per heavy atom. The monoisotopic (exact) mass is 428 g/mol. The van der Waals surface area contributed by atoms with Crippen LogP contribution in [0.5, 0.6) is 23.0 Å². The van der Waals surface area contributed by atoms with Crippen molar-refractivity contribution in [3.63, 3.8) is 0 Å². The van der Waals surface area contributed by atoms with Gasteiger partial charge in [0.05, 0.1) is 19.3 Å². The maximum atomic E-state index is 12.5. The molecule has 6 heteroatoms. The van der Waals surface area contributed by atoms with E-state index in [0.29, 0.717) is 42.2 Å². The molecule has 1 amide bonds. The molecule has 162 valence electrons. The highest BCUT2D eigenvalue weighted by atomic mass is 16.5. The lowest BCUT2D eigenvalue weighted by Gasteiger charge is -2.19. The number of nitrogens with one attached hydrogen (secondary N) is 1. The zero-order valence-corrected chi connectivity index (χ0v) is 17.9. The molecule has 1 aliphatic heterocycles. The van der Waals surface area contributed by atoms with E-state index >= 15 is 0 Å². The summed E-state index contributed by atoms with van der Waals surface area (Å²) < 4.78 is 16.8. The molecule has 6 nitrogen and oxygen atoms in total. The van der Waals surface area contributed by atoms with Gasteiger partial charge in [-0.05, 0) is 72.9 Å². The zero-order chi connectivity index (χ0) is 22.3. The van der Waals surface area contributed by atoms with Crippen molar-refractivity contribution in [2.24, 2.45) is 0 Å². The van der Waals surface area contributed by atoms with Crippen LogP contribution in [-0.4, -0.2) is 26.2 Å². The molecule has 0 bridgehead atoms. The molecule has 1 aliphatic rings. The molecule has 3 aromatic carbocycles. The predicted molar refractivity (Wildman–Crippen MR) is 121 cm³/mol. The van der Waals surface area contributed by atoms with Gasteiger partial charge in [-0.3, -0.25) is 4.79 Å². The van der Waals surface area contributed by atoms with E-state index in [2.05, 4.69) is 11.4 Å². The average Bonchev–Trinajstić information content (AvgIpc) is 2.84. The van der Waals surface area contributed by atoms with Crippen LogP contribution in [0.4, 0.5) is 0 Å². The third-order valence-electron chi connectivity index (χ3n) is 5.31. The molecule has 0 atom stereocenters. The molecular formula is C26H24N2O4. The molecule has 0 unspecified atom stereocenters. The van der Waals surface area contributed by atoms with Crippen molar-refractivity contribution < 1.29 is 19.0 Å². The summed E-state index contributed by atoms with van der Waals surface area (Å²) in [4.78, 5) is 12.5. The molecule has 0 saturated carbocycles. The van der Waals surface area contributed by atoms with Crippen molar-refractivity contribution in [1.82, 2.24) is 5.32 Å².